The van der Waals surface area contributed by atoms with Crippen molar-refractivity contribution >= 4 is 33.4 Å². The van der Waals surface area contributed by atoms with E-state index in [0.717, 1.165) is 17.0 Å². The molecule has 0 spiro atoms. The predicted octanol–water partition coefficient (Wildman–Crippen LogP) is 3.53. The number of thioether (sulfide) groups is 1. The molecular weight excluding hydrogens is 486 g/mol. The number of hydrogen-bond donors (Lipinski definition) is 2. The number of rotatable bonds is 9. The highest BCUT2D eigenvalue weighted by atomic mass is 32.2. The molecule has 1 amide bonds. The quantitative estimate of drug-likeness (QED) is 0.330. The van der Waals surface area contributed by atoms with Gasteiger partial charge in [0, 0.05) is 11.4 Å². The first kappa shape index (κ1) is 24.5. The van der Waals surface area contributed by atoms with Crippen LogP contribution in [-0.4, -0.2) is 34.8 Å². The van der Waals surface area contributed by atoms with Crippen molar-refractivity contribution in [1.29, 1.82) is 0 Å². The lowest BCUT2D eigenvalue weighted by Crippen LogP contribution is -2.15. The molecule has 3 N–H and O–H groups in total. The highest BCUT2D eigenvalue weighted by Gasteiger charge is 2.17. The van der Waals surface area contributed by atoms with Crippen LogP contribution >= 0.6 is 11.8 Å². The van der Waals surface area contributed by atoms with Gasteiger partial charge in [-0.25, -0.2) is 13.6 Å². The molecule has 1 heterocycles. The summed E-state index contributed by atoms with van der Waals surface area (Å²) in [5.41, 5.74) is 2.45. The molecule has 0 unspecified atom stereocenters. The minimum atomic E-state index is -3.79. The van der Waals surface area contributed by atoms with Gasteiger partial charge in [-0.2, -0.15) is 0 Å². The van der Waals surface area contributed by atoms with Gasteiger partial charge in [-0.1, -0.05) is 47.7 Å². The fourth-order valence-corrected chi connectivity index (χ4v) is 4.45. The van der Waals surface area contributed by atoms with E-state index in [0.29, 0.717) is 16.7 Å². The van der Waals surface area contributed by atoms with Gasteiger partial charge in [0.05, 0.1) is 10.6 Å². The van der Waals surface area contributed by atoms with Crippen LogP contribution in [0.1, 0.15) is 11.4 Å². The van der Waals surface area contributed by atoms with Gasteiger partial charge in [0.1, 0.15) is 12.4 Å². The van der Waals surface area contributed by atoms with Crippen LogP contribution in [0.2, 0.25) is 0 Å². The first-order valence-electron chi connectivity index (χ1n) is 10.5. The number of para-hydroxylation sites is 1. The second-order valence-corrected chi connectivity index (χ2v) is 10.1. The molecule has 0 fully saturated rings. The number of ether oxygens (including phenoxy) is 1. The number of benzene rings is 3. The second-order valence-electron chi connectivity index (χ2n) is 7.58. The predicted molar refractivity (Wildman–Crippen MR) is 134 cm³/mol. The summed E-state index contributed by atoms with van der Waals surface area (Å²) in [4.78, 5) is 12.5. The van der Waals surface area contributed by atoms with Crippen LogP contribution in [0, 0.1) is 6.92 Å². The molecule has 4 rings (SSSR count). The number of nitrogens with zero attached hydrogens (tertiary/aromatic N) is 3. The van der Waals surface area contributed by atoms with Crippen molar-refractivity contribution in [2.24, 2.45) is 5.14 Å². The van der Waals surface area contributed by atoms with Gasteiger partial charge in [0.15, 0.2) is 11.0 Å². The Balaban J connectivity index is 1.46. The maximum Gasteiger partial charge on any atom is 0.238 e. The molecule has 4 aromatic rings. The topological polar surface area (TPSA) is 129 Å². The summed E-state index contributed by atoms with van der Waals surface area (Å²) in [5, 5.41) is 16.9. The van der Waals surface area contributed by atoms with Gasteiger partial charge in [0.2, 0.25) is 15.9 Å². The molecule has 0 saturated carbocycles. The molecule has 0 bridgehead atoms. The zero-order valence-electron chi connectivity index (χ0n) is 18.8. The largest absolute Gasteiger partial charge is 0.486 e. The fourth-order valence-electron chi connectivity index (χ4n) is 3.16. The Hall–Kier alpha value is -3.67. The molecule has 3 aromatic carbocycles. The van der Waals surface area contributed by atoms with Gasteiger partial charge in [-0.3, -0.25) is 9.36 Å². The third kappa shape index (κ3) is 6.47. The van der Waals surface area contributed by atoms with E-state index in [1.54, 1.807) is 0 Å². The molecular formula is C24H23N5O4S2. The number of nitrogens with two attached hydrogens (primary N) is 1. The van der Waals surface area contributed by atoms with Crippen LogP contribution in [0.4, 0.5) is 5.69 Å². The van der Waals surface area contributed by atoms with E-state index in [2.05, 4.69) is 15.5 Å². The number of carbonyl (C=O) groups excluding carboxylic acids is 1. The van der Waals surface area contributed by atoms with E-state index in [1.165, 1.54) is 36.0 Å². The van der Waals surface area contributed by atoms with Gasteiger partial charge in [-0.05, 0) is 55.5 Å². The highest BCUT2D eigenvalue weighted by Crippen LogP contribution is 2.24. The molecule has 35 heavy (non-hydrogen) atoms. The normalized spacial score (nSPS) is 11.3. The Morgan fingerprint density at radius 2 is 1.69 bits per heavy atom. The van der Waals surface area contributed by atoms with Crippen molar-refractivity contribution in [1.82, 2.24) is 14.8 Å². The number of amides is 1. The van der Waals surface area contributed by atoms with Crippen molar-refractivity contribution in [3.05, 3.63) is 90.3 Å². The van der Waals surface area contributed by atoms with E-state index in [1.807, 2.05) is 66.1 Å². The third-order valence-corrected chi connectivity index (χ3v) is 6.76. The summed E-state index contributed by atoms with van der Waals surface area (Å²) in [6.07, 6.45) is 0. The molecule has 0 saturated heterocycles. The number of carbonyl (C=O) groups is 1. The molecule has 0 radical (unpaired) electrons. The molecule has 0 aliphatic carbocycles. The van der Waals surface area contributed by atoms with E-state index in [-0.39, 0.29) is 23.2 Å². The zero-order valence-corrected chi connectivity index (χ0v) is 20.4. The lowest BCUT2D eigenvalue weighted by atomic mass is 10.2. The standard InChI is InChI=1S/C24H23N5O4S2/c1-17-7-11-20(12-8-17)33-15-22-27-28-24(29(22)19-5-3-2-4-6-19)34-16-23(30)26-18-9-13-21(14-10-18)35(25,31)32/h2-14H,15-16H2,1H3,(H,26,30)(H2,25,31,32). The molecule has 1 aromatic heterocycles. The summed E-state index contributed by atoms with van der Waals surface area (Å²) in [6, 6.07) is 23.0. The van der Waals surface area contributed by atoms with Crippen molar-refractivity contribution < 1.29 is 17.9 Å². The van der Waals surface area contributed by atoms with Crippen LogP contribution in [0.15, 0.2) is 88.9 Å². The molecule has 0 aliphatic heterocycles. The number of anilines is 1. The van der Waals surface area contributed by atoms with E-state index >= 15 is 0 Å². The Bertz CT molecular complexity index is 1400. The maximum absolute atomic E-state index is 12.5. The molecule has 11 heteroatoms. The number of aromatic nitrogens is 3. The Labute approximate surface area is 207 Å². The van der Waals surface area contributed by atoms with Crippen molar-refractivity contribution in [3.8, 4) is 11.4 Å². The monoisotopic (exact) mass is 509 g/mol. The summed E-state index contributed by atoms with van der Waals surface area (Å²) >= 11 is 1.23. The Kier molecular flexibility index (Phi) is 7.49. The lowest BCUT2D eigenvalue weighted by Gasteiger charge is -2.11. The molecule has 0 atom stereocenters. The first-order valence-corrected chi connectivity index (χ1v) is 13.1. The Morgan fingerprint density at radius 1 is 1.00 bits per heavy atom. The fraction of sp³-hybridized carbons (Fsp3) is 0.125. The van der Waals surface area contributed by atoms with Crippen molar-refractivity contribution in [2.45, 2.75) is 23.6 Å². The summed E-state index contributed by atoms with van der Waals surface area (Å²) in [6.45, 7) is 2.21. The first-order chi connectivity index (χ1) is 16.8. The number of nitrogens with one attached hydrogen (secondary N) is 1. The summed E-state index contributed by atoms with van der Waals surface area (Å²) in [7, 11) is -3.79. The van der Waals surface area contributed by atoms with Gasteiger partial charge >= 0.3 is 0 Å². The van der Waals surface area contributed by atoms with E-state index in [9.17, 15) is 13.2 Å². The summed E-state index contributed by atoms with van der Waals surface area (Å²) in [5.74, 6) is 1.11. The molecule has 0 aliphatic rings. The number of hydrogen-bond acceptors (Lipinski definition) is 7. The number of aryl methyl sites for hydroxylation is 1. The van der Waals surface area contributed by atoms with Crippen LogP contribution in [0.25, 0.3) is 5.69 Å². The van der Waals surface area contributed by atoms with Crippen LogP contribution in [0.3, 0.4) is 0 Å². The third-order valence-electron chi connectivity index (χ3n) is 4.90. The lowest BCUT2D eigenvalue weighted by molar-refractivity contribution is -0.113. The number of sulfonamides is 1. The minimum Gasteiger partial charge on any atom is -0.486 e. The minimum absolute atomic E-state index is 0.0266. The summed E-state index contributed by atoms with van der Waals surface area (Å²) < 4.78 is 30.5. The van der Waals surface area contributed by atoms with E-state index < -0.39 is 10.0 Å². The van der Waals surface area contributed by atoms with Crippen molar-refractivity contribution in [3.63, 3.8) is 0 Å². The average molecular weight is 510 g/mol. The van der Waals surface area contributed by atoms with Crippen LogP contribution in [0.5, 0.6) is 5.75 Å². The second kappa shape index (κ2) is 10.7. The Morgan fingerprint density at radius 3 is 2.34 bits per heavy atom. The van der Waals surface area contributed by atoms with E-state index in [4.69, 9.17) is 9.88 Å². The molecule has 9 nitrogen and oxygen atoms in total. The highest BCUT2D eigenvalue weighted by molar-refractivity contribution is 7.99. The van der Waals surface area contributed by atoms with Crippen LogP contribution in [-0.2, 0) is 21.4 Å². The zero-order chi connectivity index (χ0) is 24.8. The van der Waals surface area contributed by atoms with Crippen molar-refractivity contribution in [2.75, 3.05) is 11.1 Å². The SMILES string of the molecule is Cc1ccc(OCc2nnc(SCC(=O)Nc3ccc(S(N)(=O)=O)cc3)n2-c2ccccc2)cc1. The van der Waals surface area contributed by atoms with Gasteiger partial charge < -0.3 is 10.1 Å². The van der Waals surface area contributed by atoms with Gasteiger partial charge in [0.25, 0.3) is 0 Å². The van der Waals surface area contributed by atoms with Gasteiger partial charge in [-0.15, -0.1) is 10.2 Å². The number of primary sulfonamides is 1. The maximum atomic E-state index is 12.5. The van der Waals surface area contributed by atoms with Crippen LogP contribution < -0.4 is 15.2 Å². The smallest absolute Gasteiger partial charge is 0.238 e. The molecule has 180 valence electrons. The average Bonchev–Trinajstić information content (AvgIpc) is 3.25.